The van der Waals surface area contributed by atoms with Gasteiger partial charge in [0, 0.05) is 10.6 Å². The van der Waals surface area contributed by atoms with Crippen molar-refractivity contribution < 1.29 is 5.11 Å². The van der Waals surface area contributed by atoms with E-state index in [4.69, 9.17) is 11.6 Å². The Morgan fingerprint density at radius 2 is 2.29 bits per heavy atom. The van der Waals surface area contributed by atoms with Crippen molar-refractivity contribution in [2.24, 2.45) is 0 Å². The van der Waals surface area contributed by atoms with E-state index in [1.165, 1.54) is 12.4 Å². The Hall–Kier alpha value is -1.55. The molecule has 72 valence electrons. The average molecular weight is 210 g/mol. The number of nitrogens with zero attached hydrogens (tertiary/aromatic N) is 3. The fourth-order valence-corrected chi connectivity index (χ4v) is 1.33. The van der Waals surface area contributed by atoms with Crippen LogP contribution in [-0.2, 0) is 6.54 Å². The standard InChI is InChI=1S/C9H8ClN3O/c10-8-2-1-7(9(14)3-8)4-13-6-11-5-12-13/h1-3,5-6,14H,4H2. The molecule has 0 atom stereocenters. The van der Waals surface area contributed by atoms with E-state index in [0.29, 0.717) is 11.6 Å². The Balaban J connectivity index is 2.25. The minimum Gasteiger partial charge on any atom is -0.508 e. The van der Waals surface area contributed by atoms with Crippen LogP contribution in [0, 0.1) is 0 Å². The number of hydrogen-bond donors (Lipinski definition) is 1. The maximum Gasteiger partial charge on any atom is 0.137 e. The lowest BCUT2D eigenvalue weighted by atomic mass is 10.2. The minimum absolute atomic E-state index is 0.174. The molecule has 4 nitrogen and oxygen atoms in total. The molecule has 0 bridgehead atoms. The first-order chi connectivity index (χ1) is 6.75. The van der Waals surface area contributed by atoms with Crippen LogP contribution in [-0.4, -0.2) is 19.9 Å². The van der Waals surface area contributed by atoms with Gasteiger partial charge in [-0.05, 0) is 12.1 Å². The van der Waals surface area contributed by atoms with Crippen LogP contribution < -0.4 is 0 Å². The van der Waals surface area contributed by atoms with E-state index >= 15 is 0 Å². The second kappa shape index (κ2) is 3.67. The van der Waals surface area contributed by atoms with Crippen molar-refractivity contribution >= 4 is 11.6 Å². The number of rotatable bonds is 2. The monoisotopic (exact) mass is 209 g/mol. The molecule has 0 aliphatic heterocycles. The van der Waals surface area contributed by atoms with Gasteiger partial charge < -0.3 is 5.11 Å². The summed E-state index contributed by atoms with van der Waals surface area (Å²) in [6, 6.07) is 5.00. The van der Waals surface area contributed by atoms with Crippen LogP contribution in [0.4, 0.5) is 0 Å². The third kappa shape index (κ3) is 1.85. The molecule has 0 amide bonds. The minimum atomic E-state index is 0.174. The number of halogens is 1. The predicted molar refractivity (Wildman–Crippen MR) is 52.2 cm³/mol. The van der Waals surface area contributed by atoms with E-state index in [0.717, 1.165) is 5.56 Å². The molecule has 1 aromatic carbocycles. The average Bonchev–Trinajstić information content (AvgIpc) is 2.62. The van der Waals surface area contributed by atoms with Gasteiger partial charge in [-0.15, -0.1) is 0 Å². The van der Waals surface area contributed by atoms with Gasteiger partial charge in [0.2, 0.25) is 0 Å². The van der Waals surface area contributed by atoms with Crippen LogP contribution in [0.2, 0.25) is 5.02 Å². The Morgan fingerprint density at radius 3 is 2.93 bits per heavy atom. The summed E-state index contributed by atoms with van der Waals surface area (Å²) in [6.45, 7) is 0.489. The summed E-state index contributed by atoms with van der Waals surface area (Å²) < 4.78 is 1.63. The van der Waals surface area contributed by atoms with Gasteiger partial charge in [-0.3, -0.25) is 0 Å². The summed E-state index contributed by atoms with van der Waals surface area (Å²) in [4.78, 5) is 3.81. The maximum atomic E-state index is 9.54. The molecule has 2 aromatic rings. The molecular weight excluding hydrogens is 202 g/mol. The van der Waals surface area contributed by atoms with Crippen LogP contribution in [0.5, 0.6) is 5.75 Å². The number of hydrogen-bond acceptors (Lipinski definition) is 3. The van der Waals surface area contributed by atoms with Gasteiger partial charge >= 0.3 is 0 Å². The number of phenolic OH excluding ortho intramolecular Hbond substituents is 1. The van der Waals surface area contributed by atoms with Crippen LogP contribution in [0.3, 0.4) is 0 Å². The van der Waals surface area contributed by atoms with E-state index in [1.807, 2.05) is 0 Å². The molecule has 1 heterocycles. The van der Waals surface area contributed by atoms with Gasteiger partial charge in [-0.25, -0.2) is 9.67 Å². The second-order valence-electron chi connectivity index (χ2n) is 2.87. The number of aromatic nitrogens is 3. The van der Waals surface area contributed by atoms with Crippen LogP contribution >= 0.6 is 11.6 Å². The molecule has 0 unspecified atom stereocenters. The van der Waals surface area contributed by atoms with Gasteiger partial charge in [0.1, 0.15) is 18.4 Å². The van der Waals surface area contributed by atoms with Crippen molar-refractivity contribution in [3.05, 3.63) is 41.4 Å². The summed E-state index contributed by atoms with van der Waals surface area (Å²) in [5.41, 5.74) is 0.764. The molecule has 0 spiro atoms. The predicted octanol–water partition coefficient (Wildman–Crippen LogP) is 1.69. The smallest absolute Gasteiger partial charge is 0.137 e. The SMILES string of the molecule is Oc1cc(Cl)ccc1Cn1cncn1. The lowest BCUT2D eigenvalue weighted by molar-refractivity contribution is 0.464. The molecular formula is C9H8ClN3O. The molecule has 2 rings (SSSR count). The van der Waals surface area contributed by atoms with Crippen molar-refractivity contribution in [3.8, 4) is 5.75 Å². The zero-order chi connectivity index (χ0) is 9.97. The van der Waals surface area contributed by atoms with Crippen molar-refractivity contribution in [1.29, 1.82) is 0 Å². The zero-order valence-corrected chi connectivity index (χ0v) is 8.02. The first-order valence-electron chi connectivity index (χ1n) is 4.05. The van der Waals surface area contributed by atoms with Crippen molar-refractivity contribution in [2.75, 3.05) is 0 Å². The number of benzene rings is 1. The first-order valence-corrected chi connectivity index (χ1v) is 4.43. The quantitative estimate of drug-likeness (QED) is 0.819. The summed E-state index contributed by atoms with van der Waals surface area (Å²) in [6.07, 6.45) is 3.04. The summed E-state index contributed by atoms with van der Waals surface area (Å²) in [7, 11) is 0. The Morgan fingerprint density at radius 1 is 1.43 bits per heavy atom. The van der Waals surface area contributed by atoms with E-state index in [9.17, 15) is 5.11 Å². The molecule has 0 saturated heterocycles. The van der Waals surface area contributed by atoms with Crippen LogP contribution in [0.25, 0.3) is 0 Å². The van der Waals surface area contributed by atoms with E-state index in [2.05, 4.69) is 10.1 Å². The summed E-state index contributed by atoms with van der Waals surface area (Å²) >= 11 is 5.70. The van der Waals surface area contributed by atoms with E-state index < -0.39 is 0 Å². The third-order valence-corrected chi connectivity index (χ3v) is 2.08. The highest BCUT2D eigenvalue weighted by molar-refractivity contribution is 6.30. The lowest BCUT2D eigenvalue weighted by Crippen LogP contribution is -1.99. The van der Waals surface area contributed by atoms with Gasteiger partial charge in [0.25, 0.3) is 0 Å². The Kier molecular flexibility index (Phi) is 2.37. The largest absolute Gasteiger partial charge is 0.508 e. The molecule has 1 aromatic heterocycles. The molecule has 0 radical (unpaired) electrons. The maximum absolute atomic E-state index is 9.54. The Labute approximate surface area is 85.8 Å². The van der Waals surface area contributed by atoms with Gasteiger partial charge in [0.15, 0.2) is 0 Å². The zero-order valence-electron chi connectivity index (χ0n) is 7.26. The molecule has 0 fully saturated rings. The van der Waals surface area contributed by atoms with Crippen molar-refractivity contribution in [1.82, 2.24) is 14.8 Å². The molecule has 5 heteroatoms. The molecule has 14 heavy (non-hydrogen) atoms. The number of phenols is 1. The van der Waals surface area contributed by atoms with E-state index in [-0.39, 0.29) is 5.75 Å². The van der Waals surface area contributed by atoms with Gasteiger partial charge in [0.05, 0.1) is 6.54 Å². The summed E-state index contributed by atoms with van der Waals surface area (Å²) in [5, 5.41) is 14.0. The fourth-order valence-electron chi connectivity index (χ4n) is 1.16. The van der Waals surface area contributed by atoms with Crippen LogP contribution in [0.1, 0.15) is 5.56 Å². The normalized spacial score (nSPS) is 10.4. The lowest BCUT2D eigenvalue weighted by Gasteiger charge is -2.04. The molecule has 0 saturated carbocycles. The first kappa shape index (κ1) is 9.02. The fraction of sp³-hybridized carbons (Fsp3) is 0.111. The third-order valence-electron chi connectivity index (χ3n) is 1.85. The highest BCUT2D eigenvalue weighted by Gasteiger charge is 2.02. The second-order valence-corrected chi connectivity index (χ2v) is 3.30. The topological polar surface area (TPSA) is 50.9 Å². The summed E-state index contributed by atoms with van der Waals surface area (Å²) in [5.74, 6) is 0.174. The van der Waals surface area contributed by atoms with Gasteiger partial charge in [-0.1, -0.05) is 17.7 Å². The number of aromatic hydroxyl groups is 1. The van der Waals surface area contributed by atoms with Crippen LogP contribution in [0.15, 0.2) is 30.9 Å². The van der Waals surface area contributed by atoms with Crippen molar-refractivity contribution in [3.63, 3.8) is 0 Å². The molecule has 1 N–H and O–H groups in total. The van der Waals surface area contributed by atoms with Crippen molar-refractivity contribution in [2.45, 2.75) is 6.54 Å². The molecule has 0 aliphatic rings. The molecule has 0 aliphatic carbocycles. The highest BCUT2D eigenvalue weighted by atomic mass is 35.5. The van der Waals surface area contributed by atoms with E-state index in [1.54, 1.807) is 23.1 Å². The Bertz CT molecular complexity index is 428. The van der Waals surface area contributed by atoms with Gasteiger partial charge in [-0.2, -0.15) is 5.10 Å². The highest BCUT2D eigenvalue weighted by Crippen LogP contribution is 2.22.